The van der Waals surface area contributed by atoms with Gasteiger partial charge in [-0.15, -0.1) is 0 Å². The summed E-state index contributed by atoms with van der Waals surface area (Å²) in [5.41, 5.74) is 2.83. The van der Waals surface area contributed by atoms with Gasteiger partial charge in [-0.3, -0.25) is 0 Å². The van der Waals surface area contributed by atoms with Gasteiger partial charge in [0.25, 0.3) is 0 Å². The van der Waals surface area contributed by atoms with Gasteiger partial charge in [0.2, 0.25) is 0 Å². The molecule has 6 heteroatoms. The molecule has 2 heterocycles. The zero-order valence-electron chi connectivity index (χ0n) is 18.9. The molecule has 2 N–H and O–H groups in total. The maximum absolute atomic E-state index is 10.6. The third-order valence-electron chi connectivity index (χ3n) is 5.78. The molecule has 0 spiro atoms. The fourth-order valence-electron chi connectivity index (χ4n) is 3.85. The van der Waals surface area contributed by atoms with Gasteiger partial charge < -0.3 is 29.2 Å². The summed E-state index contributed by atoms with van der Waals surface area (Å²) >= 11 is 0. The van der Waals surface area contributed by atoms with Crippen LogP contribution < -0.4 is 0 Å². The van der Waals surface area contributed by atoms with Gasteiger partial charge in [-0.2, -0.15) is 0 Å². The molecule has 0 aliphatic carbocycles. The Balaban J connectivity index is 0.00000132. The lowest BCUT2D eigenvalue weighted by atomic mass is 9.86. The van der Waals surface area contributed by atoms with Crippen LogP contribution in [0.25, 0.3) is 0 Å². The minimum atomic E-state index is -1.17. The summed E-state index contributed by atoms with van der Waals surface area (Å²) in [5, 5.41) is 20.3. The molecule has 2 aromatic rings. The van der Waals surface area contributed by atoms with Crippen molar-refractivity contribution in [3.8, 4) is 0 Å². The number of aryl methyl sites for hydroxylation is 2. The van der Waals surface area contributed by atoms with E-state index >= 15 is 0 Å². The van der Waals surface area contributed by atoms with Crippen molar-refractivity contribution < 1.29 is 29.2 Å². The van der Waals surface area contributed by atoms with Gasteiger partial charge in [0, 0.05) is 11.1 Å². The first-order valence-corrected chi connectivity index (χ1v) is 10.9. The van der Waals surface area contributed by atoms with Gasteiger partial charge in [0.1, 0.15) is 23.9 Å². The van der Waals surface area contributed by atoms with E-state index in [1.165, 1.54) is 0 Å². The molecule has 6 nitrogen and oxygen atoms in total. The summed E-state index contributed by atoms with van der Waals surface area (Å²) in [6.45, 7) is 9.64. The normalized spacial score (nSPS) is 31.2. The third-order valence-corrected chi connectivity index (χ3v) is 5.78. The van der Waals surface area contributed by atoms with Crippen LogP contribution in [-0.4, -0.2) is 47.3 Å². The average molecular weight is 431 g/mol. The second kappa shape index (κ2) is 10.2. The van der Waals surface area contributed by atoms with Crippen molar-refractivity contribution >= 4 is 0 Å². The van der Waals surface area contributed by atoms with Crippen LogP contribution >= 0.6 is 0 Å². The van der Waals surface area contributed by atoms with E-state index in [0.29, 0.717) is 6.61 Å². The molecule has 2 saturated heterocycles. The second-order valence-corrected chi connectivity index (χ2v) is 8.05. The molecule has 2 aromatic carbocycles. The molecule has 2 fully saturated rings. The predicted molar refractivity (Wildman–Crippen MR) is 117 cm³/mol. The Labute approximate surface area is 184 Å². The summed E-state index contributed by atoms with van der Waals surface area (Å²) in [6.07, 6.45) is -3.46. The monoisotopic (exact) mass is 430 g/mol. The minimum absolute atomic E-state index is 0.294. The van der Waals surface area contributed by atoms with Gasteiger partial charge in [-0.1, -0.05) is 73.5 Å². The number of hydrogen-bond donors (Lipinski definition) is 2. The number of hydrogen-bond acceptors (Lipinski definition) is 6. The predicted octanol–water partition coefficient (Wildman–Crippen LogP) is 3.97. The highest BCUT2D eigenvalue weighted by molar-refractivity contribution is 5.24. The highest BCUT2D eigenvalue weighted by Gasteiger charge is 2.55. The molecule has 170 valence electrons. The van der Waals surface area contributed by atoms with E-state index in [1.807, 2.05) is 76.2 Å². The van der Waals surface area contributed by atoms with Crippen LogP contribution in [0, 0.1) is 13.8 Å². The summed E-state index contributed by atoms with van der Waals surface area (Å²) in [5.74, 6) is 0. The number of aliphatic hydroxyl groups is 2. The van der Waals surface area contributed by atoms with Crippen LogP contribution in [0.3, 0.4) is 0 Å². The van der Waals surface area contributed by atoms with Crippen molar-refractivity contribution in [1.82, 2.24) is 0 Å². The lowest BCUT2D eigenvalue weighted by Gasteiger charge is -2.52. The average Bonchev–Trinajstić information content (AvgIpc) is 2.80. The second-order valence-electron chi connectivity index (χ2n) is 8.05. The molecule has 2 unspecified atom stereocenters. The number of rotatable bonds is 4. The third kappa shape index (κ3) is 5.00. The van der Waals surface area contributed by atoms with Gasteiger partial charge in [-0.05, 0) is 20.8 Å². The van der Waals surface area contributed by atoms with Crippen LogP contribution in [0.4, 0.5) is 0 Å². The standard InChI is InChI=1S/C23H28O6.C2H6/c1-14-4-8-16(9-5-14)21-26-13-18-20(28-21)23(3,19(25)12-24)29-22(27-18)17-10-6-15(2)7-11-17;1-2/h4-11,18-22,24-25H,12-13H2,1-3H3;1-2H3/t18-,19+,20+,21?,22?,23+;/m0./s1. The molecule has 0 amide bonds. The molecule has 0 radical (unpaired) electrons. The van der Waals surface area contributed by atoms with Crippen molar-refractivity contribution in [3.63, 3.8) is 0 Å². The first kappa shape index (κ1) is 23.9. The van der Waals surface area contributed by atoms with Crippen molar-refractivity contribution in [2.75, 3.05) is 13.2 Å². The van der Waals surface area contributed by atoms with E-state index in [1.54, 1.807) is 6.92 Å². The molecule has 2 aliphatic rings. The molecule has 0 saturated carbocycles. The topological polar surface area (TPSA) is 77.4 Å². The van der Waals surface area contributed by atoms with E-state index in [2.05, 4.69) is 0 Å². The summed E-state index contributed by atoms with van der Waals surface area (Å²) in [4.78, 5) is 0. The first-order valence-electron chi connectivity index (χ1n) is 10.9. The van der Waals surface area contributed by atoms with Gasteiger partial charge in [0.05, 0.1) is 13.2 Å². The Kier molecular flexibility index (Phi) is 7.86. The smallest absolute Gasteiger partial charge is 0.185 e. The van der Waals surface area contributed by atoms with Gasteiger partial charge in [-0.25, -0.2) is 0 Å². The zero-order valence-corrected chi connectivity index (χ0v) is 18.9. The highest BCUT2D eigenvalue weighted by atomic mass is 16.8. The zero-order chi connectivity index (χ0) is 22.6. The summed E-state index contributed by atoms with van der Waals surface area (Å²) in [6, 6.07) is 15.7. The quantitative estimate of drug-likeness (QED) is 0.764. The van der Waals surface area contributed by atoms with E-state index in [4.69, 9.17) is 18.9 Å². The lowest BCUT2D eigenvalue weighted by molar-refractivity contribution is -0.401. The number of aliphatic hydroxyl groups excluding tert-OH is 2. The molecule has 4 rings (SSSR count). The number of ether oxygens (including phenoxy) is 4. The van der Waals surface area contributed by atoms with Crippen LogP contribution in [0.15, 0.2) is 48.5 Å². The minimum Gasteiger partial charge on any atom is -0.394 e. The van der Waals surface area contributed by atoms with Crippen LogP contribution in [0.2, 0.25) is 0 Å². The fourth-order valence-corrected chi connectivity index (χ4v) is 3.85. The fraction of sp³-hybridized carbons (Fsp3) is 0.520. The maximum atomic E-state index is 10.6. The molecule has 31 heavy (non-hydrogen) atoms. The Bertz CT molecular complexity index is 821. The van der Waals surface area contributed by atoms with E-state index < -0.39 is 43.1 Å². The Morgan fingerprint density at radius 3 is 1.94 bits per heavy atom. The first-order chi connectivity index (χ1) is 14.9. The van der Waals surface area contributed by atoms with Crippen LogP contribution in [0.1, 0.15) is 55.6 Å². The van der Waals surface area contributed by atoms with Crippen molar-refractivity contribution in [1.29, 1.82) is 0 Å². The highest BCUT2D eigenvalue weighted by Crippen LogP contribution is 2.44. The van der Waals surface area contributed by atoms with Crippen LogP contribution in [0.5, 0.6) is 0 Å². The summed E-state index contributed by atoms with van der Waals surface area (Å²) in [7, 11) is 0. The van der Waals surface area contributed by atoms with Crippen LogP contribution in [-0.2, 0) is 18.9 Å². The number of fused-ring (bicyclic) bond motifs is 1. The molecule has 6 atom stereocenters. The lowest BCUT2D eigenvalue weighted by Crippen LogP contribution is -2.65. The van der Waals surface area contributed by atoms with Crippen molar-refractivity contribution in [2.24, 2.45) is 0 Å². The summed E-state index contributed by atoms with van der Waals surface area (Å²) < 4.78 is 24.5. The molecule has 0 bridgehead atoms. The van der Waals surface area contributed by atoms with Crippen molar-refractivity contribution in [2.45, 2.75) is 71.1 Å². The Hall–Kier alpha value is -1.80. The molecule has 2 aliphatic heterocycles. The maximum Gasteiger partial charge on any atom is 0.185 e. The Morgan fingerprint density at radius 1 is 0.903 bits per heavy atom. The molecule has 0 aromatic heterocycles. The number of benzene rings is 2. The SMILES string of the molecule is CC.Cc1ccc(C2OC[C@@H]3OC(c4ccc(C)cc4)O[C@](C)([C@H](O)CO)[C@@H]3O2)cc1. The largest absolute Gasteiger partial charge is 0.394 e. The van der Waals surface area contributed by atoms with E-state index in [-0.39, 0.29) is 0 Å². The molecular formula is C25H34O6. The van der Waals surface area contributed by atoms with Crippen molar-refractivity contribution in [3.05, 3.63) is 70.8 Å². The molecular weight excluding hydrogens is 396 g/mol. The van der Waals surface area contributed by atoms with Gasteiger partial charge >= 0.3 is 0 Å². The van der Waals surface area contributed by atoms with Gasteiger partial charge in [0.15, 0.2) is 12.6 Å². The van der Waals surface area contributed by atoms with E-state index in [9.17, 15) is 10.2 Å². The van der Waals surface area contributed by atoms with E-state index in [0.717, 1.165) is 22.3 Å². The Morgan fingerprint density at radius 2 is 1.42 bits per heavy atom.